The van der Waals surface area contributed by atoms with E-state index in [0.29, 0.717) is 11.8 Å². The molecule has 0 aromatic carbocycles. The van der Waals surface area contributed by atoms with E-state index in [1.807, 2.05) is 0 Å². The van der Waals surface area contributed by atoms with Crippen LogP contribution >= 0.6 is 11.6 Å². The van der Waals surface area contributed by atoms with Gasteiger partial charge in [0.15, 0.2) is 0 Å². The maximum Gasteiger partial charge on any atom is 0.147 e. The summed E-state index contributed by atoms with van der Waals surface area (Å²) in [6.45, 7) is 7.52. The first-order chi connectivity index (χ1) is 7.28. The molecule has 0 saturated heterocycles. The summed E-state index contributed by atoms with van der Waals surface area (Å²) in [6, 6.07) is 0. The highest BCUT2D eigenvalue weighted by atomic mass is 35.5. The minimum Gasteiger partial charge on any atom is -0.314 e. The van der Waals surface area contributed by atoms with Gasteiger partial charge in [-0.15, -0.1) is 21.8 Å². The van der Waals surface area contributed by atoms with Gasteiger partial charge in [0.1, 0.15) is 11.6 Å². The molecule has 15 heavy (non-hydrogen) atoms. The van der Waals surface area contributed by atoms with Gasteiger partial charge in [-0.05, 0) is 19.3 Å². The van der Waals surface area contributed by atoms with Crippen molar-refractivity contribution in [3.8, 4) is 0 Å². The maximum absolute atomic E-state index is 5.85. The van der Waals surface area contributed by atoms with Crippen molar-refractivity contribution in [3.63, 3.8) is 0 Å². The Kier molecular flexibility index (Phi) is 5.09. The van der Waals surface area contributed by atoms with Crippen LogP contribution in [-0.4, -0.2) is 14.8 Å². The van der Waals surface area contributed by atoms with E-state index in [4.69, 9.17) is 11.6 Å². The molecule has 0 aliphatic heterocycles. The van der Waals surface area contributed by atoms with Gasteiger partial charge in [0, 0.05) is 12.5 Å². The second-order valence-electron chi connectivity index (χ2n) is 3.77. The molecule has 0 fully saturated rings. The molecule has 0 spiro atoms. The molecular weight excluding hydrogens is 210 g/mol. The third-order valence-electron chi connectivity index (χ3n) is 2.77. The summed E-state index contributed by atoms with van der Waals surface area (Å²) in [4.78, 5) is 0. The molecule has 4 heteroatoms. The molecule has 0 unspecified atom stereocenters. The average Bonchev–Trinajstić information content (AvgIpc) is 2.64. The van der Waals surface area contributed by atoms with Crippen LogP contribution in [0.2, 0.25) is 0 Å². The Balaban J connectivity index is 2.99. The second-order valence-corrected chi connectivity index (χ2v) is 4.04. The van der Waals surface area contributed by atoms with Crippen LogP contribution in [0.3, 0.4) is 0 Å². The number of rotatable bonds is 6. The zero-order chi connectivity index (χ0) is 11.3. The third-order valence-corrected chi connectivity index (χ3v) is 3.01. The lowest BCUT2D eigenvalue weighted by Gasteiger charge is -2.14. The zero-order valence-corrected chi connectivity index (χ0v) is 10.6. The minimum atomic E-state index is 0.452. The third kappa shape index (κ3) is 2.71. The van der Waals surface area contributed by atoms with E-state index in [1.54, 1.807) is 0 Å². The van der Waals surface area contributed by atoms with Crippen molar-refractivity contribution in [1.82, 2.24) is 14.8 Å². The van der Waals surface area contributed by atoms with Crippen molar-refractivity contribution in [2.45, 2.75) is 58.4 Å². The first-order valence-electron chi connectivity index (χ1n) is 5.76. The highest BCUT2D eigenvalue weighted by Crippen LogP contribution is 2.22. The first kappa shape index (κ1) is 12.5. The molecule has 0 N–H and O–H groups in total. The van der Waals surface area contributed by atoms with Crippen LogP contribution in [-0.2, 0) is 12.4 Å². The van der Waals surface area contributed by atoms with E-state index in [2.05, 4.69) is 35.5 Å². The summed E-state index contributed by atoms with van der Waals surface area (Å²) >= 11 is 5.85. The molecule has 1 aromatic heterocycles. The Labute approximate surface area is 96.8 Å². The van der Waals surface area contributed by atoms with Gasteiger partial charge in [-0.2, -0.15) is 0 Å². The van der Waals surface area contributed by atoms with Gasteiger partial charge in [0.05, 0.1) is 5.88 Å². The molecule has 1 rings (SSSR count). The van der Waals surface area contributed by atoms with E-state index in [1.165, 1.54) is 0 Å². The fraction of sp³-hybridized carbons (Fsp3) is 0.818. The van der Waals surface area contributed by atoms with Crippen molar-refractivity contribution in [2.75, 3.05) is 0 Å². The summed E-state index contributed by atoms with van der Waals surface area (Å²) < 4.78 is 2.19. The Hall–Kier alpha value is -0.570. The monoisotopic (exact) mass is 229 g/mol. The average molecular weight is 230 g/mol. The molecule has 0 atom stereocenters. The van der Waals surface area contributed by atoms with Crippen molar-refractivity contribution < 1.29 is 0 Å². The SMILES string of the molecule is CCCn1c(CCl)nnc1C(CC)CC. The standard InChI is InChI=1S/C11H20ClN3/c1-4-7-15-10(8-12)13-14-11(15)9(5-2)6-3/h9H,4-8H2,1-3H3. The summed E-state index contributed by atoms with van der Waals surface area (Å²) in [7, 11) is 0. The summed E-state index contributed by atoms with van der Waals surface area (Å²) in [5, 5.41) is 8.43. The molecule has 0 amide bonds. The van der Waals surface area contributed by atoms with Crippen LogP contribution in [0.5, 0.6) is 0 Å². The summed E-state index contributed by atoms with van der Waals surface area (Å²) in [6.07, 6.45) is 3.32. The van der Waals surface area contributed by atoms with Crippen LogP contribution < -0.4 is 0 Å². The van der Waals surface area contributed by atoms with Crippen LogP contribution in [0.15, 0.2) is 0 Å². The fourth-order valence-electron chi connectivity index (χ4n) is 1.87. The molecule has 0 radical (unpaired) electrons. The zero-order valence-electron chi connectivity index (χ0n) is 9.83. The van der Waals surface area contributed by atoms with Crippen molar-refractivity contribution in [3.05, 3.63) is 11.6 Å². The van der Waals surface area contributed by atoms with Crippen LogP contribution in [0.4, 0.5) is 0 Å². The fourth-order valence-corrected chi connectivity index (χ4v) is 2.07. The van der Waals surface area contributed by atoms with E-state index in [9.17, 15) is 0 Å². The van der Waals surface area contributed by atoms with Crippen LogP contribution in [0.25, 0.3) is 0 Å². The number of nitrogens with zero attached hydrogens (tertiary/aromatic N) is 3. The smallest absolute Gasteiger partial charge is 0.147 e. The van der Waals surface area contributed by atoms with Crippen molar-refractivity contribution in [1.29, 1.82) is 0 Å². The molecule has 0 aliphatic rings. The Morgan fingerprint density at radius 1 is 1.20 bits per heavy atom. The number of hydrogen-bond donors (Lipinski definition) is 0. The summed E-state index contributed by atoms with van der Waals surface area (Å²) in [5.74, 6) is 2.98. The predicted octanol–water partition coefficient (Wildman–Crippen LogP) is 3.33. The predicted molar refractivity (Wildman–Crippen MR) is 63.2 cm³/mol. The van der Waals surface area contributed by atoms with E-state index in [0.717, 1.165) is 37.5 Å². The Morgan fingerprint density at radius 3 is 2.33 bits per heavy atom. The lowest BCUT2D eigenvalue weighted by Crippen LogP contribution is -2.10. The molecule has 0 bridgehead atoms. The van der Waals surface area contributed by atoms with Crippen molar-refractivity contribution >= 4 is 11.6 Å². The minimum absolute atomic E-state index is 0.452. The molecule has 1 heterocycles. The van der Waals surface area contributed by atoms with Crippen LogP contribution in [0.1, 0.15) is 57.6 Å². The van der Waals surface area contributed by atoms with E-state index < -0.39 is 0 Å². The highest BCUT2D eigenvalue weighted by Gasteiger charge is 2.17. The molecule has 1 aromatic rings. The molecule has 0 saturated carbocycles. The Bertz CT molecular complexity index is 292. The number of alkyl halides is 1. The number of halogens is 1. The molecule has 0 aliphatic carbocycles. The normalized spacial score (nSPS) is 11.3. The molecular formula is C11H20ClN3. The lowest BCUT2D eigenvalue weighted by atomic mass is 10.0. The second kappa shape index (κ2) is 6.11. The van der Waals surface area contributed by atoms with Gasteiger partial charge in [-0.25, -0.2) is 0 Å². The quantitative estimate of drug-likeness (QED) is 0.701. The largest absolute Gasteiger partial charge is 0.314 e. The van der Waals surface area contributed by atoms with Crippen LogP contribution in [0, 0.1) is 0 Å². The van der Waals surface area contributed by atoms with Gasteiger partial charge in [-0.3, -0.25) is 0 Å². The summed E-state index contributed by atoms with van der Waals surface area (Å²) in [5.41, 5.74) is 0. The molecule has 86 valence electrons. The van der Waals surface area contributed by atoms with Crippen molar-refractivity contribution in [2.24, 2.45) is 0 Å². The lowest BCUT2D eigenvalue weighted by molar-refractivity contribution is 0.535. The number of aromatic nitrogens is 3. The number of hydrogen-bond acceptors (Lipinski definition) is 2. The van der Waals surface area contributed by atoms with Gasteiger partial charge in [0.2, 0.25) is 0 Å². The Morgan fingerprint density at radius 2 is 1.87 bits per heavy atom. The molecule has 3 nitrogen and oxygen atoms in total. The van der Waals surface area contributed by atoms with Gasteiger partial charge in [-0.1, -0.05) is 20.8 Å². The first-order valence-corrected chi connectivity index (χ1v) is 6.29. The highest BCUT2D eigenvalue weighted by molar-refractivity contribution is 6.16. The van der Waals surface area contributed by atoms with E-state index in [-0.39, 0.29) is 0 Å². The topological polar surface area (TPSA) is 30.7 Å². The maximum atomic E-state index is 5.85. The van der Waals surface area contributed by atoms with E-state index >= 15 is 0 Å². The van der Waals surface area contributed by atoms with Gasteiger partial charge in [0.25, 0.3) is 0 Å². The van der Waals surface area contributed by atoms with Gasteiger partial charge >= 0.3 is 0 Å². The van der Waals surface area contributed by atoms with Gasteiger partial charge < -0.3 is 4.57 Å².